The molecule has 5 nitrogen and oxygen atoms in total. The lowest BCUT2D eigenvalue weighted by molar-refractivity contribution is -0.151. The molecule has 1 aliphatic rings. The second kappa shape index (κ2) is 3.98. The number of nitrogen functional groups attached to an aromatic ring is 1. The van der Waals surface area contributed by atoms with Gasteiger partial charge in [-0.2, -0.15) is 18.2 Å². The number of hydrogen-bond acceptors (Lipinski definition) is 5. The maximum atomic E-state index is 12.7. The highest BCUT2D eigenvalue weighted by atomic mass is 79.9. The van der Waals surface area contributed by atoms with Crippen LogP contribution in [0.2, 0.25) is 0 Å². The standard InChI is InChI=1S/C8H9BrF3N5/c9-4-3-14-6(17-13)15-5(4)16-7(1-2-7)8(10,11)12/h3H,1-2,13H2,(H2,14,15,16,17). The summed E-state index contributed by atoms with van der Waals surface area (Å²) in [6, 6.07) is 0. The van der Waals surface area contributed by atoms with Gasteiger partial charge in [0.05, 0.1) is 4.47 Å². The third-order valence-corrected chi connectivity index (χ3v) is 3.10. The highest BCUT2D eigenvalue weighted by Gasteiger charge is 2.63. The van der Waals surface area contributed by atoms with Crippen molar-refractivity contribution in [1.82, 2.24) is 9.97 Å². The normalized spacial score (nSPS) is 17.7. The highest BCUT2D eigenvalue weighted by molar-refractivity contribution is 9.10. The van der Waals surface area contributed by atoms with Gasteiger partial charge in [0, 0.05) is 6.20 Å². The van der Waals surface area contributed by atoms with Gasteiger partial charge in [0.15, 0.2) is 0 Å². The Kier molecular flexibility index (Phi) is 2.90. The van der Waals surface area contributed by atoms with Crippen molar-refractivity contribution in [2.24, 2.45) is 5.84 Å². The second-order valence-electron chi connectivity index (χ2n) is 3.74. The van der Waals surface area contributed by atoms with Gasteiger partial charge in [-0.1, -0.05) is 0 Å². The summed E-state index contributed by atoms with van der Waals surface area (Å²) in [6.45, 7) is 0. The monoisotopic (exact) mass is 311 g/mol. The van der Waals surface area contributed by atoms with Crippen LogP contribution in [-0.4, -0.2) is 21.7 Å². The minimum absolute atomic E-state index is 0.0400. The van der Waals surface area contributed by atoms with Crippen molar-refractivity contribution in [3.05, 3.63) is 10.7 Å². The Labute approximate surface area is 103 Å². The van der Waals surface area contributed by atoms with Gasteiger partial charge in [0.2, 0.25) is 5.95 Å². The first kappa shape index (κ1) is 12.4. The molecule has 1 saturated carbocycles. The third kappa shape index (κ3) is 2.29. The number of hydrogen-bond donors (Lipinski definition) is 3. The minimum Gasteiger partial charge on any atom is -0.355 e. The summed E-state index contributed by atoms with van der Waals surface area (Å²) in [5.74, 6) is 5.22. The van der Waals surface area contributed by atoms with Crippen LogP contribution >= 0.6 is 15.9 Å². The molecule has 0 radical (unpaired) electrons. The van der Waals surface area contributed by atoms with Crippen molar-refractivity contribution in [3.63, 3.8) is 0 Å². The van der Waals surface area contributed by atoms with E-state index in [-0.39, 0.29) is 24.6 Å². The van der Waals surface area contributed by atoms with Crippen LogP contribution in [0.25, 0.3) is 0 Å². The topological polar surface area (TPSA) is 75.9 Å². The number of alkyl halides is 3. The van der Waals surface area contributed by atoms with E-state index in [2.05, 4.69) is 36.6 Å². The average Bonchev–Trinajstić information content (AvgIpc) is 3.01. The van der Waals surface area contributed by atoms with E-state index in [1.165, 1.54) is 6.20 Å². The van der Waals surface area contributed by atoms with E-state index < -0.39 is 11.7 Å². The lowest BCUT2D eigenvalue weighted by atomic mass is 10.2. The number of halogens is 4. The summed E-state index contributed by atoms with van der Waals surface area (Å²) < 4.78 is 38.6. The van der Waals surface area contributed by atoms with Crippen LogP contribution in [0.4, 0.5) is 24.9 Å². The van der Waals surface area contributed by atoms with Crippen molar-refractivity contribution >= 4 is 27.7 Å². The van der Waals surface area contributed by atoms with Gasteiger partial charge in [0.1, 0.15) is 11.4 Å². The molecule has 1 aromatic rings. The van der Waals surface area contributed by atoms with E-state index in [0.717, 1.165) is 0 Å². The van der Waals surface area contributed by atoms with E-state index in [1.807, 2.05) is 0 Å². The molecule has 17 heavy (non-hydrogen) atoms. The van der Waals surface area contributed by atoms with Gasteiger partial charge in [0.25, 0.3) is 0 Å². The predicted molar refractivity (Wildman–Crippen MR) is 59.2 cm³/mol. The average molecular weight is 312 g/mol. The van der Waals surface area contributed by atoms with Crippen molar-refractivity contribution in [2.75, 3.05) is 10.7 Å². The molecule has 4 N–H and O–H groups in total. The summed E-state index contributed by atoms with van der Waals surface area (Å²) in [4.78, 5) is 7.58. The smallest absolute Gasteiger partial charge is 0.355 e. The van der Waals surface area contributed by atoms with Crippen LogP contribution in [0.3, 0.4) is 0 Å². The number of hydrazine groups is 1. The van der Waals surface area contributed by atoms with Gasteiger partial charge < -0.3 is 5.32 Å². The number of rotatable bonds is 3. The summed E-state index contributed by atoms with van der Waals surface area (Å²) >= 11 is 3.08. The maximum Gasteiger partial charge on any atom is 0.411 e. The van der Waals surface area contributed by atoms with E-state index in [9.17, 15) is 13.2 Å². The van der Waals surface area contributed by atoms with Gasteiger partial charge in [-0.05, 0) is 28.8 Å². The first-order valence-electron chi connectivity index (χ1n) is 4.72. The van der Waals surface area contributed by atoms with Crippen molar-refractivity contribution < 1.29 is 13.2 Å². The second-order valence-corrected chi connectivity index (χ2v) is 4.59. The van der Waals surface area contributed by atoms with Crippen LogP contribution in [0.5, 0.6) is 0 Å². The quantitative estimate of drug-likeness (QED) is 0.588. The first-order valence-corrected chi connectivity index (χ1v) is 5.51. The van der Waals surface area contributed by atoms with Gasteiger partial charge >= 0.3 is 6.18 Å². The Morgan fingerprint density at radius 1 is 1.41 bits per heavy atom. The molecule has 9 heteroatoms. The molecule has 0 saturated heterocycles. The Balaban J connectivity index is 2.25. The Bertz CT molecular complexity index is 432. The zero-order valence-corrected chi connectivity index (χ0v) is 10.1. The van der Waals surface area contributed by atoms with Crippen molar-refractivity contribution in [3.8, 4) is 0 Å². The van der Waals surface area contributed by atoms with E-state index in [4.69, 9.17) is 5.84 Å². The number of nitrogens with one attached hydrogen (secondary N) is 2. The van der Waals surface area contributed by atoms with E-state index in [0.29, 0.717) is 4.47 Å². The summed E-state index contributed by atoms with van der Waals surface area (Å²) in [6.07, 6.45) is -2.89. The van der Waals surface area contributed by atoms with Crippen LogP contribution in [0, 0.1) is 0 Å². The molecule has 94 valence electrons. The highest BCUT2D eigenvalue weighted by Crippen LogP contribution is 2.51. The number of anilines is 2. The molecule has 0 atom stereocenters. The summed E-state index contributed by atoms with van der Waals surface area (Å²) in [7, 11) is 0. The van der Waals surface area contributed by atoms with Crippen LogP contribution in [0.1, 0.15) is 12.8 Å². The SMILES string of the molecule is NNc1ncc(Br)c(NC2(C(F)(F)F)CC2)n1. The number of nitrogens with two attached hydrogens (primary N) is 1. The fraction of sp³-hybridized carbons (Fsp3) is 0.500. The fourth-order valence-electron chi connectivity index (χ4n) is 1.36. The van der Waals surface area contributed by atoms with Crippen LogP contribution in [0.15, 0.2) is 10.7 Å². The van der Waals surface area contributed by atoms with Crippen molar-refractivity contribution in [1.29, 1.82) is 0 Å². The maximum absolute atomic E-state index is 12.7. The van der Waals surface area contributed by atoms with E-state index >= 15 is 0 Å². The molecular formula is C8H9BrF3N5. The van der Waals surface area contributed by atoms with Crippen LogP contribution < -0.4 is 16.6 Å². The predicted octanol–water partition coefficient (Wildman–Crippen LogP) is 2.03. The Hall–Kier alpha value is -1.09. The molecule has 1 aliphatic carbocycles. The summed E-state index contributed by atoms with van der Waals surface area (Å²) in [5.41, 5.74) is 0.310. The van der Waals surface area contributed by atoms with Gasteiger partial charge in [-0.25, -0.2) is 10.8 Å². The molecule has 1 heterocycles. The van der Waals surface area contributed by atoms with Crippen molar-refractivity contribution in [2.45, 2.75) is 24.6 Å². The van der Waals surface area contributed by atoms with Crippen LogP contribution in [-0.2, 0) is 0 Å². The largest absolute Gasteiger partial charge is 0.411 e. The van der Waals surface area contributed by atoms with Gasteiger partial charge in [-0.15, -0.1) is 0 Å². The third-order valence-electron chi connectivity index (χ3n) is 2.52. The number of nitrogens with zero attached hydrogens (tertiary/aromatic N) is 2. The lowest BCUT2D eigenvalue weighted by Crippen LogP contribution is -2.39. The molecule has 1 aromatic heterocycles. The zero-order chi connectivity index (χ0) is 12.7. The summed E-state index contributed by atoms with van der Waals surface area (Å²) in [5, 5.41) is 2.39. The van der Waals surface area contributed by atoms with E-state index in [1.54, 1.807) is 0 Å². The fourth-order valence-corrected chi connectivity index (χ4v) is 1.65. The molecule has 2 rings (SSSR count). The van der Waals surface area contributed by atoms with Gasteiger partial charge in [-0.3, -0.25) is 5.43 Å². The Morgan fingerprint density at radius 2 is 2.06 bits per heavy atom. The molecule has 0 aromatic carbocycles. The first-order chi connectivity index (χ1) is 7.88. The molecule has 0 amide bonds. The minimum atomic E-state index is -4.30. The molecule has 0 unspecified atom stereocenters. The molecule has 1 fully saturated rings. The lowest BCUT2D eigenvalue weighted by Gasteiger charge is -2.21. The zero-order valence-electron chi connectivity index (χ0n) is 8.48. The molecule has 0 spiro atoms. The molecule has 0 aliphatic heterocycles. The number of aromatic nitrogens is 2. The Morgan fingerprint density at radius 3 is 2.53 bits per heavy atom. The molecular weight excluding hydrogens is 303 g/mol. The molecule has 0 bridgehead atoms.